The smallest absolute Gasteiger partial charge is 0.506 e. The summed E-state index contributed by atoms with van der Waals surface area (Å²) < 4.78 is 40.5. The van der Waals surface area contributed by atoms with Crippen LogP contribution in [0.2, 0.25) is 5.02 Å². The lowest BCUT2D eigenvalue weighted by molar-refractivity contribution is -0.274. The number of ether oxygens (including phenoxy) is 1. The summed E-state index contributed by atoms with van der Waals surface area (Å²) in [6, 6.07) is 9.83. The minimum atomic E-state index is -4.88. The van der Waals surface area contributed by atoms with Gasteiger partial charge in [-0.05, 0) is 35.9 Å². The van der Waals surface area contributed by atoms with E-state index in [-0.39, 0.29) is 5.02 Å². The molecule has 1 aromatic heterocycles. The molecule has 144 valence electrons. The molecular formula is C19H11ClF3NO4. The molecule has 0 amide bonds. The molecule has 0 spiro atoms. The van der Waals surface area contributed by atoms with Crippen LogP contribution in [0, 0.1) is 0 Å². The molecular weight excluding hydrogens is 399 g/mol. The number of hydrogen-bond donors (Lipinski definition) is 2. The zero-order valence-corrected chi connectivity index (χ0v) is 14.6. The molecule has 0 radical (unpaired) electrons. The van der Waals surface area contributed by atoms with E-state index in [9.17, 15) is 27.9 Å². The number of nitrogens with one attached hydrogen (secondary N) is 1. The van der Waals surface area contributed by atoms with Crippen LogP contribution < -0.4 is 10.3 Å². The largest absolute Gasteiger partial charge is 0.573 e. The highest BCUT2D eigenvalue weighted by Crippen LogP contribution is 2.31. The summed E-state index contributed by atoms with van der Waals surface area (Å²) in [6.45, 7) is 0. The van der Waals surface area contributed by atoms with Crippen molar-refractivity contribution in [3.8, 4) is 11.5 Å². The first kappa shape index (κ1) is 19.5. The average molecular weight is 410 g/mol. The van der Waals surface area contributed by atoms with Gasteiger partial charge < -0.3 is 14.8 Å². The fourth-order valence-electron chi connectivity index (χ4n) is 2.54. The first-order valence-corrected chi connectivity index (χ1v) is 8.15. The molecule has 0 aliphatic heterocycles. The van der Waals surface area contributed by atoms with Gasteiger partial charge in [-0.3, -0.25) is 9.59 Å². The molecule has 0 aliphatic rings. The third kappa shape index (κ3) is 4.17. The number of carbonyl (C=O) groups excluding carboxylic acids is 1. The summed E-state index contributed by atoms with van der Waals surface area (Å²) >= 11 is 5.74. The van der Waals surface area contributed by atoms with Crippen LogP contribution in [0.5, 0.6) is 11.5 Å². The molecule has 2 aromatic carbocycles. The summed E-state index contributed by atoms with van der Waals surface area (Å²) in [5.41, 5.74) is -0.543. The lowest BCUT2D eigenvalue weighted by Crippen LogP contribution is -2.17. The van der Waals surface area contributed by atoms with Crippen LogP contribution in [0.3, 0.4) is 0 Å². The molecule has 0 saturated heterocycles. The molecule has 0 unspecified atom stereocenters. The van der Waals surface area contributed by atoms with Gasteiger partial charge in [0.2, 0.25) is 0 Å². The van der Waals surface area contributed by atoms with Gasteiger partial charge in [-0.15, -0.1) is 13.2 Å². The zero-order chi connectivity index (χ0) is 20.5. The van der Waals surface area contributed by atoms with E-state index in [1.54, 1.807) is 24.3 Å². The standard InChI is InChI=1S/C19H11ClF3NO4/c20-12-9-10(6-8-15(12)28-19(21,22)23)5-7-14(25)16-17(26)11-3-1-2-4-13(11)24-18(16)27/h1-9H,(H2,24,26,27)/b7-5+. The van der Waals surface area contributed by atoms with E-state index in [0.717, 1.165) is 18.2 Å². The van der Waals surface area contributed by atoms with E-state index in [2.05, 4.69) is 9.72 Å². The van der Waals surface area contributed by atoms with Gasteiger partial charge in [-0.1, -0.05) is 35.9 Å². The Kier molecular flexibility index (Phi) is 5.15. The van der Waals surface area contributed by atoms with Crippen molar-refractivity contribution in [2.24, 2.45) is 0 Å². The van der Waals surface area contributed by atoms with Crippen LogP contribution in [0.4, 0.5) is 13.2 Å². The number of alkyl halides is 3. The number of halogens is 4. The van der Waals surface area contributed by atoms with Gasteiger partial charge in [-0.25, -0.2) is 0 Å². The number of benzene rings is 2. The maximum absolute atomic E-state index is 12.4. The lowest BCUT2D eigenvalue weighted by Gasteiger charge is -2.10. The molecule has 3 rings (SSSR count). The monoisotopic (exact) mass is 409 g/mol. The number of allylic oxidation sites excluding steroid dienone is 1. The third-order valence-corrected chi connectivity index (χ3v) is 4.04. The van der Waals surface area contributed by atoms with Gasteiger partial charge in [0.25, 0.3) is 5.56 Å². The Hall–Kier alpha value is -3.26. The lowest BCUT2D eigenvalue weighted by atomic mass is 10.1. The van der Waals surface area contributed by atoms with Crippen LogP contribution in [-0.2, 0) is 0 Å². The van der Waals surface area contributed by atoms with Crippen molar-refractivity contribution in [1.82, 2.24) is 4.98 Å². The predicted octanol–water partition coefficient (Wildman–Crippen LogP) is 4.68. The number of ketones is 1. The fourth-order valence-corrected chi connectivity index (χ4v) is 2.77. The van der Waals surface area contributed by atoms with Crippen molar-refractivity contribution in [1.29, 1.82) is 0 Å². The highest BCUT2D eigenvalue weighted by atomic mass is 35.5. The van der Waals surface area contributed by atoms with Gasteiger partial charge in [0, 0.05) is 5.39 Å². The molecule has 3 aromatic rings. The molecule has 0 saturated carbocycles. The van der Waals surface area contributed by atoms with E-state index >= 15 is 0 Å². The topological polar surface area (TPSA) is 79.4 Å². The Labute approximate surface area is 160 Å². The summed E-state index contributed by atoms with van der Waals surface area (Å²) in [5.74, 6) is -1.82. The van der Waals surface area contributed by atoms with Crippen molar-refractivity contribution in [2.45, 2.75) is 6.36 Å². The van der Waals surface area contributed by atoms with Crippen LogP contribution in [-0.4, -0.2) is 22.2 Å². The first-order chi connectivity index (χ1) is 13.2. The van der Waals surface area contributed by atoms with Crippen molar-refractivity contribution >= 4 is 34.4 Å². The number of carbonyl (C=O) groups is 1. The molecule has 0 bridgehead atoms. The maximum Gasteiger partial charge on any atom is 0.573 e. The second-order valence-electron chi connectivity index (χ2n) is 5.66. The number of fused-ring (bicyclic) bond motifs is 1. The number of para-hydroxylation sites is 1. The maximum atomic E-state index is 12.4. The number of pyridine rings is 1. The Bertz CT molecular complexity index is 1150. The van der Waals surface area contributed by atoms with E-state index in [4.69, 9.17) is 11.6 Å². The highest BCUT2D eigenvalue weighted by Gasteiger charge is 2.32. The number of aromatic amines is 1. The Balaban J connectivity index is 1.89. The Morgan fingerprint density at radius 3 is 2.57 bits per heavy atom. The van der Waals surface area contributed by atoms with Crippen LogP contribution in [0.15, 0.2) is 53.3 Å². The number of rotatable bonds is 4. The van der Waals surface area contributed by atoms with Crippen molar-refractivity contribution in [2.75, 3.05) is 0 Å². The van der Waals surface area contributed by atoms with E-state index in [1.165, 1.54) is 12.1 Å². The Morgan fingerprint density at radius 2 is 1.89 bits per heavy atom. The van der Waals surface area contributed by atoms with Crippen LogP contribution >= 0.6 is 11.6 Å². The first-order valence-electron chi connectivity index (χ1n) is 7.77. The molecule has 2 N–H and O–H groups in total. The van der Waals surface area contributed by atoms with Gasteiger partial charge in [0.15, 0.2) is 5.78 Å². The van der Waals surface area contributed by atoms with Crippen LogP contribution in [0.25, 0.3) is 17.0 Å². The molecule has 1 heterocycles. The van der Waals surface area contributed by atoms with Gasteiger partial charge in [-0.2, -0.15) is 0 Å². The highest BCUT2D eigenvalue weighted by molar-refractivity contribution is 6.32. The molecule has 0 fully saturated rings. The van der Waals surface area contributed by atoms with Crippen molar-refractivity contribution in [3.05, 3.63) is 75.0 Å². The van der Waals surface area contributed by atoms with E-state index < -0.39 is 34.8 Å². The molecule has 0 aliphatic carbocycles. The van der Waals surface area contributed by atoms with Gasteiger partial charge in [0.05, 0.1) is 10.5 Å². The number of aromatic hydroxyl groups is 1. The second-order valence-corrected chi connectivity index (χ2v) is 6.07. The third-order valence-electron chi connectivity index (χ3n) is 3.75. The quantitative estimate of drug-likeness (QED) is 0.484. The predicted molar refractivity (Wildman–Crippen MR) is 97.7 cm³/mol. The van der Waals surface area contributed by atoms with Gasteiger partial charge >= 0.3 is 6.36 Å². The van der Waals surface area contributed by atoms with Gasteiger partial charge in [0.1, 0.15) is 17.1 Å². The zero-order valence-electron chi connectivity index (χ0n) is 13.9. The van der Waals surface area contributed by atoms with E-state index in [0.29, 0.717) is 16.5 Å². The minimum absolute atomic E-state index is 0.296. The molecule has 28 heavy (non-hydrogen) atoms. The second kappa shape index (κ2) is 7.40. The number of H-pyrrole nitrogens is 1. The average Bonchev–Trinajstić information content (AvgIpc) is 2.61. The number of hydrogen-bond acceptors (Lipinski definition) is 4. The minimum Gasteiger partial charge on any atom is -0.506 e. The molecule has 9 heteroatoms. The van der Waals surface area contributed by atoms with Crippen LogP contribution in [0.1, 0.15) is 15.9 Å². The fraction of sp³-hybridized carbons (Fsp3) is 0.0526. The SMILES string of the molecule is O=C(/C=C/c1ccc(OC(F)(F)F)c(Cl)c1)c1c(O)c2ccccc2[nH]c1=O. The summed E-state index contributed by atoms with van der Waals surface area (Å²) in [7, 11) is 0. The number of aromatic nitrogens is 1. The Morgan fingerprint density at radius 1 is 1.18 bits per heavy atom. The summed E-state index contributed by atoms with van der Waals surface area (Å²) in [5, 5.41) is 10.3. The van der Waals surface area contributed by atoms with Crippen molar-refractivity contribution < 1.29 is 27.8 Å². The summed E-state index contributed by atoms with van der Waals surface area (Å²) in [6.07, 6.45) is -2.62. The molecule has 0 atom stereocenters. The normalized spacial score (nSPS) is 11.9. The summed E-state index contributed by atoms with van der Waals surface area (Å²) in [4.78, 5) is 27.0. The molecule has 5 nitrogen and oxygen atoms in total. The van der Waals surface area contributed by atoms with E-state index in [1.807, 2.05) is 0 Å². The van der Waals surface area contributed by atoms with Crippen molar-refractivity contribution in [3.63, 3.8) is 0 Å².